The number of ether oxygens (including phenoxy) is 1. The summed E-state index contributed by atoms with van der Waals surface area (Å²) < 4.78 is 5.08. The molecule has 4 heteroatoms. The number of hydrogen-bond acceptors (Lipinski definition) is 2. The molecule has 0 saturated heterocycles. The molecule has 0 aliphatic heterocycles. The van der Waals surface area contributed by atoms with E-state index in [9.17, 15) is 0 Å². The van der Waals surface area contributed by atoms with Gasteiger partial charge in [0.15, 0.2) is 5.11 Å². The van der Waals surface area contributed by atoms with Crippen molar-refractivity contribution in [2.75, 3.05) is 27.3 Å². The smallest absolute Gasteiger partial charge is 0.168 e. The first-order valence-corrected chi connectivity index (χ1v) is 6.55. The second-order valence-electron chi connectivity index (χ2n) is 4.84. The number of nitrogens with zero attached hydrogens (tertiary/aromatic N) is 1. The summed E-state index contributed by atoms with van der Waals surface area (Å²) in [5.41, 5.74) is 0. The summed E-state index contributed by atoms with van der Waals surface area (Å²) in [7, 11) is 3.79. The highest BCUT2D eigenvalue weighted by molar-refractivity contribution is 7.80. The van der Waals surface area contributed by atoms with Crippen LogP contribution in [0.15, 0.2) is 0 Å². The molecule has 1 unspecified atom stereocenters. The number of thiocarbonyl (C=S) groups is 1. The van der Waals surface area contributed by atoms with Crippen molar-refractivity contribution in [3.63, 3.8) is 0 Å². The van der Waals surface area contributed by atoms with Gasteiger partial charge in [0, 0.05) is 26.7 Å². The van der Waals surface area contributed by atoms with Crippen molar-refractivity contribution in [2.45, 2.75) is 38.6 Å². The van der Waals surface area contributed by atoms with Gasteiger partial charge in [0.25, 0.3) is 0 Å². The van der Waals surface area contributed by atoms with Crippen molar-refractivity contribution in [1.29, 1.82) is 0 Å². The predicted molar refractivity (Wildman–Crippen MR) is 71.7 cm³/mol. The molecule has 1 fully saturated rings. The highest BCUT2D eigenvalue weighted by Gasteiger charge is 2.18. The van der Waals surface area contributed by atoms with Gasteiger partial charge in [0.1, 0.15) is 0 Å². The minimum absolute atomic E-state index is 0.281. The fraction of sp³-hybridized carbons (Fsp3) is 0.917. The lowest BCUT2D eigenvalue weighted by atomic mass is 10.1. The lowest BCUT2D eigenvalue weighted by molar-refractivity contribution is 0.178. The van der Waals surface area contributed by atoms with E-state index in [0.717, 1.165) is 17.6 Å². The van der Waals surface area contributed by atoms with Crippen LogP contribution in [0.5, 0.6) is 0 Å². The monoisotopic (exact) mass is 244 g/mol. The number of rotatable bonds is 5. The Labute approximate surface area is 105 Å². The van der Waals surface area contributed by atoms with Crippen LogP contribution < -0.4 is 5.32 Å². The van der Waals surface area contributed by atoms with Crippen LogP contribution in [0.3, 0.4) is 0 Å². The van der Waals surface area contributed by atoms with Crippen molar-refractivity contribution < 1.29 is 4.74 Å². The molecule has 0 bridgehead atoms. The number of nitrogens with one attached hydrogen (secondary N) is 1. The minimum Gasteiger partial charge on any atom is -0.383 e. The Kier molecular flexibility index (Phi) is 6.06. The van der Waals surface area contributed by atoms with Crippen LogP contribution >= 0.6 is 12.2 Å². The van der Waals surface area contributed by atoms with Crippen molar-refractivity contribution in [2.24, 2.45) is 5.92 Å². The molecule has 0 aromatic heterocycles. The molecule has 0 aromatic carbocycles. The van der Waals surface area contributed by atoms with Crippen LogP contribution in [0.4, 0.5) is 0 Å². The van der Waals surface area contributed by atoms with E-state index in [4.69, 9.17) is 17.0 Å². The Morgan fingerprint density at radius 3 is 2.69 bits per heavy atom. The zero-order valence-corrected chi connectivity index (χ0v) is 11.5. The molecular weight excluding hydrogens is 220 g/mol. The van der Waals surface area contributed by atoms with E-state index in [1.54, 1.807) is 7.11 Å². The SMILES string of the molecule is COCC(C)NC(=S)N(C)CC1CCCC1. The quantitative estimate of drug-likeness (QED) is 0.748. The summed E-state index contributed by atoms with van der Waals surface area (Å²) in [4.78, 5) is 2.16. The Balaban J connectivity index is 2.23. The minimum atomic E-state index is 0.281. The Morgan fingerprint density at radius 2 is 2.12 bits per heavy atom. The molecule has 0 radical (unpaired) electrons. The summed E-state index contributed by atoms with van der Waals surface area (Å²) >= 11 is 5.36. The maximum absolute atomic E-state index is 5.36. The summed E-state index contributed by atoms with van der Waals surface area (Å²) in [5, 5.41) is 4.13. The summed E-state index contributed by atoms with van der Waals surface area (Å²) in [5.74, 6) is 0.836. The number of methoxy groups -OCH3 is 1. The molecule has 1 aliphatic carbocycles. The van der Waals surface area contributed by atoms with Gasteiger partial charge in [-0.2, -0.15) is 0 Å². The van der Waals surface area contributed by atoms with Gasteiger partial charge in [0.2, 0.25) is 0 Å². The molecule has 3 nitrogen and oxygen atoms in total. The van der Waals surface area contributed by atoms with E-state index in [-0.39, 0.29) is 6.04 Å². The molecule has 1 rings (SSSR count). The second kappa shape index (κ2) is 7.07. The van der Waals surface area contributed by atoms with Gasteiger partial charge in [-0.1, -0.05) is 12.8 Å². The lowest BCUT2D eigenvalue weighted by Crippen LogP contribution is -2.44. The zero-order valence-electron chi connectivity index (χ0n) is 10.7. The fourth-order valence-corrected chi connectivity index (χ4v) is 2.55. The molecule has 1 aliphatic rings. The highest BCUT2D eigenvalue weighted by Crippen LogP contribution is 2.25. The molecule has 1 atom stereocenters. The molecule has 0 amide bonds. The average molecular weight is 244 g/mol. The first-order valence-electron chi connectivity index (χ1n) is 6.14. The third-order valence-corrected chi connectivity index (χ3v) is 3.57. The molecule has 1 N–H and O–H groups in total. The highest BCUT2D eigenvalue weighted by atomic mass is 32.1. The van der Waals surface area contributed by atoms with E-state index in [1.165, 1.54) is 25.7 Å². The van der Waals surface area contributed by atoms with Crippen molar-refractivity contribution in [3.05, 3.63) is 0 Å². The molecular formula is C12H24N2OS. The maximum atomic E-state index is 5.36. The summed E-state index contributed by atoms with van der Waals surface area (Å²) in [6, 6.07) is 0.281. The van der Waals surface area contributed by atoms with E-state index in [0.29, 0.717) is 6.61 Å². The van der Waals surface area contributed by atoms with Crippen LogP contribution in [0.2, 0.25) is 0 Å². The van der Waals surface area contributed by atoms with Crippen molar-refractivity contribution in [1.82, 2.24) is 10.2 Å². The predicted octanol–water partition coefficient (Wildman–Crippen LogP) is 2.02. The molecule has 1 saturated carbocycles. The molecule has 0 aromatic rings. The molecule has 0 spiro atoms. The van der Waals surface area contributed by atoms with Crippen LogP contribution in [0.1, 0.15) is 32.6 Å². The fourth-order valence-electron chi connectivity index (χ4n) is 2.28. The first-order chi connectivity index (χ1) is 7.63. The lowest BCUT2D eigenvalue weighted by Gasteiger charge is -2.26. The van der Waals surface area contributed by atoms with Gasteiger partial charge >= 0.3 is 0 Å². The van der Waals surface area contributed by atoms with Crippen LogP contribution in [0, 0.1) is 5.92 Å². The van der Waals surface area contributed by atoms with Gasteiger partial charge in [-0.15, -0.1) is 0 Å². The molecule has 94 valence electrons. The van der Waals surface area contributed by atoms with E-state index >= 15 is 0 Å². The molecule has 0 heterocycles. The number of hydrogen-bond donors (Lipinski definition) is 1. The van der Waals surface area contributed by atoms with Crippen LogP contribution in [-0.2, 0) is 4.74 Å². The largest absolute Gasteiger partial charge is 0.383 e. The second-order valence-corrected chi connectivity index (χ2v) is 5.22. The third-order valence-electron chi connectivity index (χ3n) is 3.14. The standard InChI is InChI=1S/C12H24N2OS/c1-10(9-15-3)13-12(16)14(2)8-11-6-4-5-7-11/h10-11H,4-9H2,1-3H3,(H,13,16). The van der Waals surface area contributed by atoms with E-state index in [2.05, 4.69) is 24.2 Å². The third kappa shape index (κ3) is 4.66. The summed E-state index contributed by atoms with van der Waals surface area (Å²) in [6.07, 6.45) is 5.50. The van der Waals surface area contributed by atoms with Crippen LogP contribution in [-0.4, -0.2) is 43.4 Å². The average Bonchev–Trinajstić information content (AvgIpc) is 2.70. The van der Waals surface area contributed by atoms with E-state index in [1.807, 2.05) is 0 Å². The van der Waals surface area contributed by atoms with Gasteiger partial charge < -0.3 is 15.0 Å². The maximum Gasteiger partial charge on any atom is 0.168 e. The van der Waals surface area contributed by atoms with Gasteiger partial charge in [-0.25, -0.2) is 0 Å². The van der Waals surface area contributed by atoms with Gasteiger partial charge in [0.05, 0.1) is 6.61 Å². The van der Waals surface area contributed by atoms with Gasteiger partial charge in [-0.3, -0.25) is 0 Å². The van der Waals surface area contributed by atoms with Crippen LogP contribution in [0.25, 0.3) is 0 Å². The van der Waals surface area contributed by atoms with Gasteiger partial charge in [-0.05, 0) is 37.9 Å². The first kappa shape index (κ1) is 13.7. The Morgan fingerprint density at radius 1 is 1.50 bits per heavy atom. The normalized spacial score (nSPS) is 18.4. The topological polar surface area (TPSA) is 24.5 Å². The van der Waals surface area contributed by atoms with Crippen molar-refractivity contribution >= 4 is 17.3 Å². The Hall–Kier alpha value is -0.350. The zero-order chi connectivity index (χ0) is 12.0. The summed E-state index contributed by atoms with van der Waals surface area (Å²) in [6.45, 7) is 3.86. The Bertz CT molecular complexity index is 217. The van der Waals surface area contributed by atoms with E-state index < -0.39 is 0 Å². The van der Waals surface area contributed by atoms with Crippen molar-refractivity contribution in [3.8, 4) is 0 Å². The molecule has 16 heavy (non-hydrogen) atoms.